The number of carboxylic acid groups (broad SMARTS) is 1. The SMILES string of the molecule is Cc1cccc(COC2C[C@@H]3CN(C(=O)n4ccc(C(=O)O)n4)C[C@@H]3C2)c1C. The van der Waals surface area contributed by atoms with Crippen LogP contribution in [0.2, 0.25) is 0 Å². The van der Waals surface area contributed by atoms with Crippen LogP contribution in [-0.4, -0.2) is 51.0 Å². The standard InChI is InChI=1S/C21H25N3O4/c1-13-4-3-5-15(14(13)2)12-28-18-8-16-10-23(11-17(16)9-18)21(27)24-7-6-19(22-24)20(25)26/h3-7,16-18H,8-12H2,1-2H3,(H,25,26)/t16-,17+,18?. The van der Waals surface area contributed by atoms with Gasteiger partial charge in [0.1, 0.15) is 0 Å². The molecule has 0 spiro atoms. The van der Waals surface area contributed by atoms with Crippen LogP contribution in [0.4, 0.5) is 4.79 Å². The number of aromatic nitrogens is 2. The van der Waals surface area contributed by atoms with Crippen molar-refractivity contribution in [1.29, 1.82) is 0 Å². The zero-order chi connectivity index (χ0) is 19.8. The summed E-state index contributed by atoms with van der Waals surface area (Å²) in [5, 5.41) is 12.8. The maximum atomic E-state index is 12.6. The fraction of sp³-hybridized carbons (Fsp3) is 0.476. The van der Waals surface area contributed by atoms with Gasteiger partial charge in [0, 0.05) is 19.3 Å². The van der Waals surface area contributed by atoms with Crippen molar-refractivity contribution in [3.63, 3.8) is 0 Å². The number of aryl methyl sites for hydroxylation is 1. The van der Waals surface area contributed by atoms with E-state index in [0.717, 1.165) is 17.5 Å². The topological polar surface area (TPSA) is 84.7 Å². The molecule has 3 atom stereocenters. The average molecular weight is 383 g/mol. The molecule has 1 unspecified atom stereocenters. The minimum atomic E-state index is -1.13. The smallest absolute Gasteiger partial charge is 0.356 e. The first-order valence-electron chi connectivity index (χ1n) is 9.67. The lowest BCUT2D eigenvalue weighted by atomic mass is 10.0. The van der Waals surface area contributed by atoms with Gasteiger partial charge in [0.05, 0.1) is 12.7 Å². The van der Waals surface area contributed by atoms with Crippen LogP contribution >= 0.6 is 0 Å². The van der Waals surface area contributed by atoms with Gasteiger partial charge in [0.25, 0.3) is 0 Å². The van der Waals surface area contributed by atoms with Crippen LogP contribution in [0.1, 0.15) is 40.0 Å². The van der Waals surface area contributed by atoms with Crippen LogP contribution in [-0.2, 0) is 11.3 Å². The highest BCUT2D eigenvalue weighted by atomic mass is 16.5. The van der Waals surface area contributed by atoms with E-state index in [1.54, 1.807) is 4.90 Å². The van der Waals surface area contributed by atoms with Gasteiger partial charge in [0.2, 0.25) is 0 Å². The molecule has 0 bridgehead atoms. The number of nitrogens with zero attached hydrogens (tertiary/aromatic N) is 3. The second-order valence-corrected chi connectivity index (χ2v) is 7.92. The molecule has 1 aliphatic carbocycles. The lowest BCUT2D eigenvalue weighted by molar-refractivity contribution is 0.0380. The van der Waals surface area contributed by atoms with Gasteiger partial charge in [-0.05, 0) is 61.3 Å². The zero-order valence-electron chi connectivity index (χ0n) is 16.2. The summed E-state index contributed by atoms with van der Waals surface area (Å²) in [7, 11) is 0. The minimum Gasteiger partial charge on any atom is -0.476 e. The van der Waals surface area contributed by atoms with E-state index in [4.69, 9.17) is 9.84 Å². The summed E-state index contributed by atoms with van der Waals surface area (Å²) in [6, 6.07) is 7.39. The van der Waals surface area contributed by atoms with Crippen LogP contribution in [0, 0.1) is 25.7 Å². The Morgan fingerprint density at radius 2 is 1.89 bits per heavy atom. The molecule has 2 heterocycles. The number of hydrogen-bond acceptors (Lipinski definition) is 4. The molecule has 0 radical (unpaired) electrons. The molecule has 7 heteroatoms. The Labute approximate surface area is 163 Å². The van der Waals surface area contributed by atoms with Gasteiger partial charge in [-0.1, -0.05) is 18.2 Å². The first-order valence-corrected chi connectivity index (χ1v) is 9.67. The Morgan fingerprint density at radius 1 is 1.18 bits per heavy atom. The van der Waals surface area contributed by atoms with Crippen LogP contribution in [0.5, 0.6) is 0 Å². The molecule has 1 N–H and O–H groups in total. The fourth-order valence-corrected chi connectivity index (χ4v) is 4.40. The Bertz CT molecular complexity index is 893. The van der Waals surface area contributed by atoms with Crippen LogP contribution in [0.15, 0.2) is 30.5 Å². The molecule has 2 aliphatic rings. The van der Waals surface area contributed by atoms with Crippen molar-refractivity contribution in [3.05, 3.63) is 52.8 Å². The van der Waals surface area contributed by atoms with Crippen molar-refractivity contribution >= 4 is 12.0 Å². The number of benzene rings is 1. The number of carbonyl (C=O) groups excluding carboxylic acids is 1. The summed E-state index contributed by atoms with van der Waals surface area (Å²) < 4.78 is 7.31. The maximum Gasteiger partial charge on any atom is 0.356 e. The molecule has 1 aromatic carbocycles. The second-order valence-electron chi connectivity index (χ2n) is 7.92. The molecule has 2 aromatic rings. The predicted octanol–water partition coefficient (Wildman–Crippen LogP) is 3.09. The number of rotatable bonds is 4. The van der Waals surface area contributed by atoms with E-state index in [1.165, 1.54) is 29.0 Å². The van der Waals surface area contributed by atoms with Gasteiger partial charge in [-0.2, -0.15) is 9.78 Å². The van der Waals surface area contributed by atoms with Gasteiger partial charge in [-0.3, -0.25) is 0 Å². The van der Waals surface area contributed by atoms with E-state index in [1.807, 2.05) is 0 Å². The largest absolute Gasteiger partial charge is 0.476 e. The number of likely N-dealkylation sites (tertiary alicyclic amines) is 1. The maximum absolute atomic E-state index is 12.6. The van der Waals surface area contributed by atoms with Crippen molar-refractivity contribution in [1.82, 2.24) is 14.7 Å². The summed E-state index contributed by atoms with van der Waals surface area (Å²) >= 11 is 0. The molecule has 1 aliphatic heterocycles. The van der Waals surface area contributed by atoms with Crippen molar-refractivity contribution < 1.29 is 19.4 Å². The van der Waals surface area contributed by atoms with E-state index in [9.17, 15) is 9.59 Å². The van der Waals surface area contributed by atoms with E-state index >= 15 is 0 Å². The summed E-state index contributed by atoms with van der Waals surface area (Å²) in [4.78, 5) is 25.3. The number of carbonyl (C=O) groups is 2. The summed E-state index contributed by atoms with van der Waals surface area (Å²) in [6.45, 7) is 6.23. The van der Waals surface area contributed by atoms with Gasteiger partial charge >= 0.3 is 12.0 Å². The van der Waals surface area contributed by atoms with E-state index in [0.29, 0.717) is 31.5 Å². The van der Waals surface area contributed by atoms with Gasteiger partial charge in [0.15, 0.2) is 5.69 Å². The third-order valence-electron chi connectivity index (χ3n) is 6.17. The second kappa shape index (κ2) is 7.39. The minimum absolute atomic E-state index is 0.118. The Kier molecular flexibility index (Phi) is 4.93. The summed E-state index contributed by atoms with van der Waals surface area (Å²) in [5.74, 6) is -0.266. The molecule has 7 nitrogen and oxygen atoms in total. The van der Waals surface area contributed by atoms with Crippen LogP contribution in [0.25, 0.3) is 0 Å². The van der Waals surface area contributed by atoms with E-state index in [2.05, 4.69) is 37.1 Å². The highest BCUT2D eigenvalue weighted by Crippen LogP contribution is 2.40. The van der Waals surface area contributed by atoms with Gasteiger partial charge in [-0.15, -0.1) is 0 Å². The number of amides is 1. The molecular formula is C21H25N3O4. The molecule has 28 heavy (non-hydrogen) atoms. The van der Waals surface area contributed by atoms with Gasteiger partial charge in [-0.25, -0.2) is 9.59 Å². The number of carboxylic acids is 1. The Balaban J connectivity index is 1.31. The van der Waals surface area contributed by atoms with Crippen molar-refractivity contribution in [3.8, 4) is 0 Å². The van der Waals surface area contributed by atoms with E-state index in [-0.39, 0.29) is 17.8 Å². The fourth-order valence-electron chi connectivity index (χ4n) is 4.40. The number of aromatic carboxylic acids is 1. The van der Waals surface area contributed by atoms with E-state index < -0.39 is 5.97 Å². The summed E-state index contributed by atoms with van der Waals surface area (Å²) in [5.41, 5.74) is 3.69. The summed E-state index contributed by atoms with van der Waals surface area (Å²) in [6.07, 6.45) is 3.56. The molecule has 1 saturated carbocycles. The van der Waals surface area contributed by atoms with Gasteiger partial charge < -0.3 is 14.7 Å². The molecular weight excluding hydrogens is 358 g/mol. The van der Waals surface area contributed by atoms with Crippen LogP contribution in [0.3, 0.4) is 0 Å². The first-order chi connectivity index (χ1) is 13.4. The lowest BCUT2D eigenvalue weighted by Gasteiger charge is -2.19. The predicted molar refractivity (Wildman–Crippen MR) is 102 cm³/mol. The third kappa shape index (κ3) is 3.54. The number of fused-ring (bicyclic) bond motifs is 1. The van der Waals surface area contributed by atoms with Crippen molar-refractivity contribution in [2.75, 3.05) is 13.1 Å². The van der Waals surface area contributed by atoms with Crippen molar-refractivity contribution in [2.24, 2.45) is 11.8 Å². The molecule has 148 valence electrons. The number of hydrogen-bond donors (Lipinski definition) is 1. The molecule has 1 saturated heterocycles. The normalized spacial score (nSPS) is 23.8. The quantitative estimate of drug-likeness (QED) is 0.877. The molecule has 1 amide bonds. The molecule has 4 rings (SSSR count). The van der Waals surface area contributed by atoms with Crippen LogP contribution < -0.4 is 0 Å². The molecule has 1 aromatic heterocycles. The lowest BCUT2D eigenvalue weighted by Crippen LogP contribution is -2.34. The monoisotopic (exact) mass is 383 g/mol. The number of ether oxygens (including phenoxy) is 1. The highest BCUT2D eigenvalue weighted by Gasteiger charge is 2.43. The average Bonchev–Trinajstić information content (AvgIpc) is 3.36. The molecule has 2 fully saturated rings. The third-order valence-corrected chi connectivity index (χ3v) is 6.17. The highest BCUT2D eigenvalue weighted by molar-refractivity contribution is 5.86. The van der Waals surface area contributed by atoms with Crippen molar-refractivity contribution in [2.45, 2.75) is 39.4 Å². The first kappa shape index (κ1) is 18.7. The Hall–Kier alpha value is -2.67. The Morgan fingerprint density at radius 3 is 2.54 bits per heavy atom. The zero-order valence-corrected chi connectivity index (χ0v) is 16.2.